The molecule has 1 aliphatic heterocycles. The Morgan fingerprint density at radius 1 is 1.35 bits per heavy atom. The van der Waals surface area contributed by atoms with Gasteiger partial charge in [0.05, 0.1) is 24.9 Å². The van der Waals surface area contributed by atoms with Crippen LogP contribution in [0.2, 0.25) is 0 Å². The minimum Gasteiger partial charge on any atom is -0.478 e. The zero-order valence-electron chi connectivity index (χ0n) is 10.7. The summed E-state index contributed by atoms with van der Waals surface area (Å²) < 4.78 is 18.9. The molecule has 1 aliphatic rings. The van der Waals surface area contributed by atoms with Gasteiger partial charge in [-0.2, -0.15) is 0 Å². The monoisotopic (exact) mass is 276 g/mol. The van der Waals surface area contributed by atoms with E-state index >= 15 is 0 Å². The second-order valence-corrected chi connectivity index (χ2v) is 4.59. The number of rotatable bonds is 2. The van der Waals surface area contributed by atoms with Crippen LogP contribution in [0.5, 0.6) is 0 Å². The highest BCUT2D eigenvalue weighted by atomic mass is 19.1. The van der Waals surface area contributed by atoms with Crippen molar-refractivity contribution in [2.24, 2.45) is 0 Å². The topological polar surface area (TPSA) is 62.7 Å². The number of fused-ring (bicyclic) bond motifs is 1. The second-order valence-electron chi connectivity index (χ2n) is 4.59. The number of carboxylic acid groups (broad SMARTS) is 1. The highest BCUT2D eigenvalue weighted by Gasteiger charge is 2.18. The number of aromatic nitrogens is 1. The van der Waals surface area contributed by atoms with Crippen molar-refractivity contribution in [1.29, 1.82) is 0 Å². The lowest BCUT2D eigenvalue weighted by molar-refractivity contribution is 0.0694. The maximum absolute atomic E-state index is 13.7. The average Bonchev–Trinajstić information content (AvgIpc) is 2.47. The maximum atomic E-state index is 13.7. The van der Waals surface area contributed by atoms with Gasteiger partial charge in [-0.15, -0.1) is 0 Å². The summed E-state index contributed by atoms with van der Waals surface area (Å²) in [6.45, 7) is 2.73. The van der Waals surface area contributed by atoms with Gasteiger partial charge in [-0.3, -0.25) is 4.98 Å². The van der Waals surface area contributed by atoms with E-state index in [1.165, 1.54) is 0 Å². The van der Waals surface area contributed by atoms with E-state index in [-0.39, 0.29) is 5.56 Å². The molecule has 3 rings (SSSR count). The number of nitrogens with zero attached hydrogens (tertiary/aromatic N) is 2. The van der Waals surface area contributed by atoms with Crippen molar-refractivity contribution in [1.82, 2.24) is 4.98 Å². The molecule has 0 amide bonds. The van der Waals surface area contributed by atoms with E-state index in [9.17, 15) is 9.18 Å². The quantitative estimate of drug-likeness (QED) is 0.907. The summed E-state index contributed by atoms with van der Waals surface area (Å²) in [7, 11) is 0. The lowest BCUT2D eigenvalue weighted by atomic mass is 10.1. The van der Waals surface area contributed by atoms with Gasteiger partial charge in [-0.05, 0) is 18.2 Å². The molecule has 1 fully saturated rings. The van der Waals surface area contributed by atoms with Crippen molar-refractivity contribution >= 4 is 22.6 Å². The Bertz CT molecular complexity index is 669. The number of hydrogen-bond acceptors (Lipinski definition) is 4. The summed E-state index contributed by atoms with van der Waals surface area (Å²) in [6.07, 6.45) is 0.945. The fraction of sp³-hybridized carbons (Fsp3) is 0.286. The Morgan fingerprint density at radius 3 is 2.80 bits per heavy atom. The lowest BCUT2D eigenvalue weighted by Gasteiger charge is -2.29. The van der Waals surface area contributed by atoms with E-state index in [2.05, 4.69) is 9.88 Å². The molecule has 1 aromatic heterocycles. The summed E-state index contributed by atoms with van der Waals surface area (Å²) in [5.74, 6) is -2.10. The number of carbonyl (C=O) groups is 1. The molecule has 2 aromatic rings. The molecule has 1 saturated heterocycles. The van der Waals surface area contributed by atoms with Crippen LogP contribution in [-0.4, -0.2) is 42.4 Å². The first-order chi connectivity index (χ1) is 9.66. The molecule has 0 radical (unpaired) electrons. The molecule has 1 N–H and O–H groups in total. The molecule has 0 atom stereocenters. The number of morpholine rings is 1. The predicted molar refractivity (Wildman–Crippen MR) is 71.7 cm³/mol. The van der Waals surface area contributed by atoms with Crippen LogP contribution in [0.4, 0.5) is 10.1 Å². The first-order valence-electron chi connectivity index (χ1n) is 6.31. The summed E-state index contributed by atoms with van der Waals surface area (Å²) in [5, 5.41) is 9.48. The largest absolute Gasteiger partial charge is 0.478 e. The Morgan fingerprint density at radius 2 is 2.10 bits per heavy atom. The smallest absolute Gasteiger partial charge is 0.339 e. The van der Waals surface area contributed by atoms with Crippen LogP contribution in [0.15, 0.2) is 24.4 Å². The van der Waals surface area contributed by atoms with Crippen LogP contribution in [0.1, 0.15) is 10.4 Å². The molecule has 6 heteroatoms. The summed E-state index contributed by atoms with van der Waals surface area (Å²) in [6, 6.07) is 5.26. The fourth-order valence-electron chi connectivity index (χ4n) is 2.39. The van der Waals surface area contributed by atoms with Gasteiger partial charge >= 0.3 is 5.97 Å². The molecule has 20 heavy (non-hydrogen) atoms. The molecule has 0 bridgehead atoms. The number of hydrogen-bond donors (Lipinski definition) is 1. The van der Waals surface area contributed by atoms with Crippen molar-refractivity contribution in [3.63, 3.8) is 0 Å². The molecule has 0 spiro atoms. The number of halogens is 1. The predicted octanol–water partition coefficient (Wildman–Crippen LogP) is 1.91. The number of anilines is 1. The third-order valence-electron chi connectivity index (χ3n) is 3.40. The van der Waals surface area contributed by atoms with Gasteiger partial charge in [-0.25, -0.2) is 9.18 Å². The van der Waals surface area contributed by atoms with Crippen molar-refractivity contribution in [2.45, 2.75) is 0 Å². The summed E-state index contributed by atoms with van der Waals surface area (Å²) in [5.41, 5.74) is 1.00. The van der Waals surface area contributed by atoms with Crippen LogP contribution in [0.25, 0.3) is 10.9 Å². The zero-order valence-corrected chi connectivity index (χ0v) is 10.7. The maximum Gasteiger partial charge on any atom is 0.339 e. The van der Waals surface area contributed by atoms with Gasteiger partial charge in [0, 0.05) is 24.2 Å². The van der Waals surface area contributed by atoms with Crippen molar-refractivity contribution in [2.75, 3.05) is 31.2 Å². The summed E-state index contributed by atoms with van der Waals surface area (Å²) in [4.78, 5) is 17.2. The number of pyridine rings is 1. The van der Waals surface area contributed by atoms with Crippen LogP contribution in [-0.2, 0) is 4.74 Å². The van der Waals surface area contributed by atoms with E-state index in [1.54, 1.807) is 12.1 Å². The van der Waals surface area contributed by atoms with Gasteiger partial charge in [0.15, 0.2) is 5.82 Å². The number of carboxylic acids is 1. The van der Waals surface area contributed by atoms with Crippen molar-refractivity contribution < 1.29 is 19.0 Å². The van der Waals surface area contributed by atoms with E-state index < -0.39 is 11.8 Å². The Balaban J connectivity index is 2.13. The third kappa shape index (κ3) is 2.18. The van der Waals surface area contributed by atoms with Crippen LogP contribution < -0.4 is 4.90 Å². The van der Waals surface area contributed by atoms with Gasteiger partial charge < -0.3 is 14.7 Å². The first-order valence-corrected chi connectivity index (χ1v) is 6.31. The highest BCUT2D eigenvalue weighted by Crippen LogP contribution is 2.26. The Labute approximate surface area is 114 Å². The molecule has 104 valence electrons. The van der Waals surface area contributed by atoms with Crippen LogP contribution in [0.3, 0.4) is 0 Å². The van der Waals surface area contributed by atoms with Gasteiger partial charge in [0.1, 0.15) is 5.56 Å². The zero-order chi connectivity index (χ0) is 14.1. The first kappa shape index (κ1) is 12.8. The molecule has 5 nitrogen and oxygen atoms in total. The molecule has 1 aromatic carbocycles. The third-order valence-corrected chi connectivity index (χ3v) is 3.40. The van der Waals surface area contributed by atoms with Crippen LogP contribution >= 0.6 is 0 Å². The SMILES string of the molecule is O=C(O)c1c(F)cnc2ccc(N3CCOCC3)cc12. The van der Waals surface area contributed by atoms with Crippen molar-refractivity contribution in [3.05, 3.63) is 35.8 Å². The average molecular weight is 276 g/mol. The second kappa shape index (κ2) is 5.05. The number of benzene rings is 1. The van der Waals surface area contributed by atoms with E-state index in [0.717, 1.165) is 25.0 Å². The summed E-state index contributed by atoms with van der Waals surface area (Å²) >= 11 is 0. The van der Waals surface area contributed by atoms with E-state index in [1.807, 2.05) is 6.07 Å². The van der Waals surface area contributed by atoms with Gasteiger partial charge in [0.25, 0.3) is 0 Å². The van der Waals surface area contributed by atoms with Gasteiger partial charge in [0.2, 0.25) is 0 Å². The minimum atomic E-state index is -1.28. The molecular weight excluding hydrogens is 263 g/mol. The van der Waals surface area contributed by atoms with E-state index in [0.29, 0.717) is 24.1 Å². The minimum absolute atomic E-state index is 0.321. The standard InChI is InChI=1S/C14H13FN2O3/c15-11-8-16-12-2-1-9(17-3-5-20-6-4-17)7-10(12)13(11)14(18)19/h1-2,7-8H,3-6H2,(H,18,19). The molecule has 0 aliphatic carbocycles. The lowest BCUT2D eigenvalue weighted by Crippen LogP contribution is -2.36. The number of ether oxygens (including phenoxy) is 1. The highest BCUT2D eigenvalue weighted by molar-refractivity contribution is 6.03. The van der Waals surface area contributed by atoms with Crippen molar-refractivity contribution in [3.8, 4) is 0 Å². The normalized spacial score (nSPS) is 15.6. The van der Waals surface area contributed by atoms with Gasteiger partial charge in [-0.1, -0.05) is 0 Å². The fourth-order valence-corrected chi connectivity index (χ4v) is 2.39. The molecule has 0 unspecified atom stereocenters. The number of aromatic carboxylic acids is 1. The van der Waals surface area contributed by atoms with E-state index in [4.69, 9.17) is 9.84 Å². The molecular formula is C14H13FN2O3. The Kier molecular flexibility index (Phi) is 3.23. The Hall–Kier alpha value is -2.21. The molecule has 2 heterocycles. The molecule has 0 saturated carbocycles. The van der Waals surface area contributed by atoms with Crippen LogP contribution in [0, 0.1) is 5.82 Å².